The molecule has 1 aromatic carbocycles. The summed E-state index contributed by atoms with van der Waals surface area (Å²) < 4.78 is 1.88. The molecule has 4 aromatic rings. The van der Waals surface area contributed by atoms with Crippen LogP contribution in [0.15, 0.2) is 61.1 Å². The predicted molar refractivity (Wildman–Crippen MR) is 138 cm³/mol. The Labute approximate surface area is 205 Å². The van der Waals surface area contributed by atoms with Gasteiger partial charge in [-0.1, -0.05) is 49.1 Å². The largest absolute Gasteiger partial charge is 0.381 e. The summed E-state index contributed by atoms with van der Waals surface area (Å²) in [5.74, 6) is 1.17. The molecule has 174 valence electrons. The van der Waals surface area contributed by atoms with Crippen molar-refractivity contribution in [3.8, 4) is 11.4 Å². The average Bonchev–Trinajstić information content (AvgIpc) is 3.25. The number of benzene rings is 1. The zero-order valence-electron chi connectivity index (χ0n) is 18.3. The first kappa shape index (κ1) is 24.8. The van der Waals surface area contributed by atoms with E-state index in [-0.39, 0.29) is 12.4 Å². The van der Waals surface area contributed by atoms with E-state index >= 15 is 0 Å². The second kappa shape index (κ2) is 11.8. The number of nitrogens with zero attached hydrogens (tertiary/aromatic N) is 4. The third-order valence-corrected chi connectivity index (χ3v) is 5.71. The van der Waals surface area contributed by atoms with Crippen LogP contribution in [0.3, 0.4) is 0 Å². The minimum Gasteiger partial charge on any atom is -0.381 e. The van der Waals surface area contributed by atoms with Crippen LogP contribution >= 0.6 is 24.0 Å². The summed E-state index contributed by atoms with van der Waals surface area (Å²) in [4.78, 5) is 13.0. The standard InChI is InChI=1S/C18H15ClN6.C6H13N.ClH/c19-13-4-1-3-12(9-13)10-22-16-6-2-5-14(24-16)15-11-23-18-17(20)21-7-8-25(15)18;7-6-4-2-1-3-5-6;/h1-9,11H,10H2,(H2,20,21)(H,22,24);6H,1-5,7H2;1H. The monoisotopic (exact) mass is 485 g/mol. The molecule has 0 atom stereocenters. The molecule has 1 fully saturated rings. The van der Waals surface area contributed by atoms with Gasteiger partial charge in [-0.05, 0) is 42.7 Å². The zero-order valence-corrected chi connectivity index (χ0v) is 19.9. The van der Waals surface area contributed by atoms with Crippen molar-refractivity contribution in [3.63, 3.8) is 0 Å². The van der Waals surface area contributed by atoms with E-state index in [1.807, 2.05) is 53.1 Å². The molecule has 0 unspecified atom stereocenters. The van der Waals surface area contributed by atoms with E-state index in [9.17, 15) is 0 Å². The molecule has 5 N–H and O–H groups in total. The maximum Gasteiger partial charge on any atom is 0.180 e. The molecule has 3 heterocycles. The molecule has 0 amide bonds. The third-order valence-electron chi connectivity index (χ3n) is 5.48. The van der Waals surface area contributed by atoms with Crippen LogP contribution in [0.5, 0.6) is 0 Å². The summed E-state index contributed by atoms with van der Waals surface area (Å²) in [5.41, 5.74) is 14.9. The van der Waals surface area contributed by atoms with E-state index in [1.165, 1.54) is 32.1 Å². The van der Waals surface area contributed by atoms with Gasteiger partial charge in [-0.25, -0.2) is 15.0 Å². The Balaban J connectivity index is 0.000000330. The highest BCUT2D eigenvalue weighted by Gasteiger charge is 2.10. The summed E-state index contributed by atoms with van der Waals surface area (Å²) in [6.45, 7) is 0.640. The average molecular weight is 486 g/mol. The molecule has 0 spiro atoms. The molecule has 0 saturated heterocycles. The lowest BCUT2D eigenvalue weighted by atomic mass is 9.97. The molecule has 0 radical (unpaired) electrons. The molecule has 3 aromatic heterocycles. The molecule has 1 aliphatic carbocycles. The molecule has 1 saturated carbocycles. The topological polar surface area (TPSA) is 107 Å². The van der Waals surface area contributed by atoms with E-state index in [2.05, 4.69) is 20.3 Å². The van der Waals surface area contributed by atoms with Crippen molar-refractivity contribution in [3.05, 3.63) is 71.6 Å². The first-order chi connectivity index (χ1) is 15.6. The number of nitrogens with two attached hydrogens (primary N) is 2. The Morgan fingerprint density at radius 3 is 2.58 bits per heavy atom. The number of pyridine rings is 1. The molecular weight excluding hydrogens is 457 g/mol. The van der Waals surface area contributed by atoms with Crippen molar-refractivity contribution in [2.24, 2.45) is 5.73 Å². The van der Waals surface area contributed by atoms with Crippen LogP contribution in [0.4, 0.5) is 11.6 Å². The minimum absolute atomic E-state index is 0. The number of fused-ring (bicyclic) bond motifs is 1. The van der Waals surface area contributed by atoms with Crippen LogP contribution < -0.4 is 16.8 Å². The highest BCUT2D eigenvalue weighted by molar-refractivity contribution is 6.30. The summed E-state index contributed by atoms with van der Waals surface area (Å²) in [5, 5.41) is 4.03. The van der Waals surface area contributed by atoms with Crippen LogP contribution in [0.2, 0.25) is 5.02 Å². The third kappa shape index (κ3) is 6.57. The van der Waals surface area contributed by atoms with Gasteiger partial charge in [0.15, 0.2) is 11.5 Å². The van der Waals surface area contributed by atoms with Gasteiger partial charge >= 0.3 is 0 Å². The number of halogens is 2. The van der Waals surface area contributed by atoms with Crippen LogP contribution in [-0.2, 0) is 6.54 Å². The summed E-state index contributed by atoms with van der Waals surface area (Å²) in [7, 11) is 0. The second-order valence-corrected chi connectivity index (χ2v) is 8.38. The number of hydrogen-bond acceptors (Lipinski definition) is 6. The predicted octanol–water partition coefficient (Wildman–Crippen LogP) is 5.34. The van der Waals surface area contributed by atoms with Gasteiger partial charge in [0.05, 0.1) is 17.6 Å². The molecule has 5 rings (SSSR count). The maximum absolute atomic E-state index is 6.02. The number of rotatable bonds is 4. The van der Waals surface area contributed by atoms with Gasteiger partial charge in [0.2, 0.25) is 0 Å². The second-order valence-electron chi connectivity index (χ2n) is 7.94. The Hall–Kier alpha value is -2.87. The fourth-order valence-electron chi connectivity index (χ4n) is 3.78. The van der Waals surface area contributed by atoms with Gasteiger partial charge in [-0.2, -0.15) is 0 Å². The fourth-order valence-corrected chi connectivity index (χ4v) is 3.99. The number of nitrogens with one attached hydrogen (secondary N) is 1. The number of anilines is 2. The van der Waals surface area contributed by atoms with Gasteiger partial charge < -0.3 is 16.8 Å². The fraction of sp³-hybridized carbons (Fsp3) is 0.292. The Morgan fingerprint density at radius 2 is 1.85 bits per heavy atom. The quantitative estimate of drug-likeness (QED) is 0.360. The van der Waals surface area contributed by atoms with Crippen molar-refractivity contribution in [1.29, 1.82) is 0 Å². The zero-order chi connectivity index (χ0) is 22.3. The van der Waals surface area contributed by atoms with Crippen LogP contribution in [0.1, 0.15) is 37.7 Å². The lowest BCUT2D eigenvalue weighted by molar-refractivity contribution is 0.441. The number of imidazole rings is 1. The highest BCUT2D eigenvalue weighted by atomic mass is 35.5. The van der Waals surface area contributed by atoms with E-state index in [0.717, 1.165) is 27.8 Å². The smallest absolute Gasteiger partial charge is 0.180 e. The number of aromatic nitrogens is 4. The van der Waals surface area contributed by atoms with Crippen LogP contribution in [0.25, 0.3) is 17.0 Å². The Morgan fingerprint density at radius 1 is 1.06 bits per heavy atom. The first-order valence-electron chi connectivity index (χ1n) is 10.9. The van der Waals surface area contributed by atoms with E-state index in [0.29, 0.717) is 24.1 Å². The molecular formula is C24H29Cl2N7. The van der Waals surface area contributed by atoms with Crippen molar-refractivity contribution >= 4 is 41.3 Å². The minimum atomic E-state index is 0. The lowest BCUT2D eigenvalue weighted by Gasteiger charge is -2.15. The van der Waals surface area contributed by atoms with Crippen molar-refractivity contribution < 1.29 is 0 Å². The van der Waals surface area contributed by atoms with Crippen molar-refractivity contribution in [1.82, 2.24) is 19.4 Å². The highest BCUT2D eigenvalue weighted by Crippen LogP contribution is 2.22. The van der Waals surface area contributed by atoms with Gasteiger partial charge in [0, 0.05) is 30.0 Å². The molecule has 9 heteroatoms. The normalized spacial score (nSPS) is 13.6. The Bertz CT molecular complexity index is 1170. The van der Waals surface area contributed by atoms with Crippen molar-refractivity contribution in [2.45, 2.75) is 44.7 Å². The number of nitrogen functional groups attached to an aromatic ring is 1. The molecule has 0 bridgehead atoms. The van der Waals surface area contributed by atoms with Gasteiger partial charge in [-0.15, -0.1) is 12.4 Å². The van der Waals surface area contributed by atoms with E-state index in [4.69, 9.17) is 23.1 Å². The summed E-state index contributed by atoms with van der Waals surface area (Å²) in [6.07, 6.45) is 11.9. The molecule has 0 aliphatic heterocycles. The number of hydrogen-bond donors (Lipinski definition) is 3. The molecule has 33 heavy (non-hydrogen) atoms. The summed E-state index contributed by atoms with van der Waals surface area (Å²) >= 11 is 6.02. The van der Waals surface area contributed by atoms with Crippen LogP contribution in [-0.4, -0.2) is 25.4 Å². The van der Waals surface area contributed by atoms with E-state index in [1.54, 1.807) is 12.4 Å². The Kier molecular flexibility index (Phi) is 8.88. The summed E-state index contributed by atoms with van der Waals surface area (Å²) in [6, 6.07) is 14.1. The van der Waals surface area contributed by atoms with Gasteiger partial charge in [0.1, 0.15) is 5.82 Å². The first-order valence-corrected chi connectivity index (χ1v) is 11.3. The van der Waals surface area contributed by atoms with Gasteiger partial charge in [0.25, 0.3) is 0 Å². The lowest BCUT2D eigenvalue weighted by Crippen LogP contribution is -2.22. The van der Waals surface area contributed by atoms with Gasteiger partial charge in [-0.3, -0.25) is 4.40 Å². The van der Waals surface area contributed by atoms with E-state index < -0.39 is 0 Å². The molecule has 1 aliphatic rings. The maximum atomic E-state index is 6.02. The SMILES string of the molecule is Cl.NC1CCCCC1.Nc1nccn2c(-c3cccc(NCc4cccc(Cl)c4)n3)cnc12. The van der Waals surface area contributed by atoms with Crippen molar-refractivity contribution in [2.75, 3.05) is 11.1 Å². The molecule has 7 nitrogen and oxygen atoms in total. The van der Waals surface area contributed by atoms with Crippen LogP contribution in [0, 0.1) is 0 Å².